The quantitative estimate of drug-likeness (QED) is 0.765. The summed E-state index contributed by atoms with van der Waals surface area (Å²) in [5, 5.41) is -0.223. The van der Waals surface area contributed by atoms with Crippen molar-refractivity contribution >= 4 is 54.8 Å². The summed E-state index contributed by atoms with van der Waals surface area (Å²) in [6, 6.07) is 8.42. The van der Waals surface area contributed by atoms with Crippen molar-refractivity contribution < 1.29 is 17.6 Å². The highest BCUT2D eigenvalue weighted by Gasteiger charge is 2.24. The van der Waals surface area contributed by atoms with Gasteiger partial charge >= 0.3 is 0 Å². The van der Waals surface area contributed by atoms with Gasteiger partial charge in [0.1, 0.15) is 10.7 Å². The van der Waals surface area contributed by atoms with Gasteiger partial charge in [0.25, 0.3) is 10.0 Å². The van der Waals surface area contributed by atoms with Crippen molar-refractivity contribution in [3.8, 4) is 0 Å². The summed E-state index contributed by atoms with van der Waals surface area (Å²) in [7, 11) is -4.01. The number of benzene rings is 2. The number of nitrogens with zero attached hydrogens (tertiary/aromatic N) is 1. The Balaban J connectivity index is 1.85. The maximum Gasteiger partial charge on any atom is 0.264 e. The molecular weight excluding hydrogens is 435 g/mol. The van der Waals surface area contributed by atoms with Crippen molar-refractivity contribution in [1.29, 1.82) is 0 Å². The van der Waals surface area contributed by atoms with Gasteiger partial charge in [0.2, 0.25) is 5.91 Å². The first-order valence-electron chi connectivity index (χ1n) is 7.36. The highest BCUT2D eigenvalue weighted by molar-refractivity contribution is 9.10. The number of anilines is 2. The summed E-state index contributed by atoms with van der Waals surface area (Å²) in [5.74, 6) is -0.592. The second-order valence-electron chi connectivity index (χ2n) is 5.50. The highest BCUT2D eigenvalue weighted by atomic mass is 79.9. The molecule has 0 bridgehead atoms. The van der Waals surface area contributed by atoms with Crippen LogP contribution in [0.4, 0.5) is 15.8 Å². The summed E-state index contributed by atoms with van der Waals surface area (Å²) in [6.07, 6.45) is 1.33. The number of hydrogen-bond acceptors (Lipinski definition) is 3. The minimum absolute atomic E-state index is 0.0317. The van der Waals surface area contributed by atoms with Crippen LogP contribution in [0.15, 0.2) is 45.8 Å². The number of rotatable bonds is 4. The largest absolute Gasteiger partial charge is 0.312 e. The molecule has 0 aliphatic carbocycles. The van der Waals surface area contributed by atoms with Crippen molar-refractivity contribution in [3.63, 3.8) is 0 Å². The Morgan fingerprint density at radius 2 is 1.88 bits per heavy atom. The second kappa shape index (κ2) is 6.93. The van der Waals surface area contributed by atoms with E-state index in [1.807, 2.05) is 0 Å². The zero-order valence-electron chi connectivity index (χ0n) is 12.8. The maximum absolute atomic E-state index is 13.3. The molecule has 1 saturated heterocycles. The third-order valence-electron chi connectivity index (χ3n) is 3.74. The lowest BCUT2D eigenvalue weighted by atomic mass is 10.2. The van der Waals surface area contributed by atoms with Crippen LogP contribution in [-0.4, -0.2) is 20.9 Å². The van der Waals surface area contributed by atoms with Crippen LogP contribution in [-0.2, 0) is 14.8 Å². The molecule has 0 atom stereocenters. The average Bonchev–Trinajstić information content (AvgIpc) is 2.92. The molecule has 9 heteroatoms. The monoisotopic (exact) mass is 446 g/mol. The van der Waals surface area contributed by atoms with Crippen LogP contribution in [0, 0.1) is 5.82 Å². The molecule has 1 aliphatic heterocycles. The number of halogens is 3. The fraction of sp³-hybridized carbons (Fsp3) is 0.188. The number of nitrogens with one attached hydrogen (secondary N) is 1. The number of amides is 1. The molecule has 1 N–H and O–H groups in total. The standard InChI is InChI=1S/C16H13BrClFN2O3S/c17-13-8-10(19)9-14(18)16(13)25(23,24)20-11-3-5-12(6-4-11)21-7-1-2-15(21)22/h3-6,8-9,20H,1-2,7H2. The Kier molecular flexibility index (Phi) is 5.04. The van der Waals surface area contributed by atoms with Crippen molar-refractivity contribution in [3.05, 3.63) is 51.7 Å². The van der Waals surface area contributed by atoms with Gasteiger partial charge in [-0.2, -0.15) is 0 Å². The first-order valence-corrected chi connectivity index (χ1v) is 10.0. The fourth-order valence-corrected chi connectivity index (χ4v) is 5.50. The number of carbonyl (C=O) groups is 1. The third kappa shape index (κ3) is 3.80. The molecule has 0 spiro atoms. The van der Waals surface area contributed by atoms with E-state index in [1.54, 1.807) is 29.2 Å². The van der Waals surface area contributed by atoms with Gasteiger partial charge in [-0.15, -0.1) is 0 Å². The predicted octanol–water partition coefficient (Wildman–Crippen LogP) is 4.17. The van der Waals surface area contributed by atoms with E-state index >= 15 is 0 Å². The Hall–Kier alpha value is -1.64. The van der Waals surface area contributed by atoms with E-state index < -0.39 is 15.8 Å². The SMILES string of the molecule is O=C1CCCN1c1ccc(NS(=O)(=O)c2c(Cl)cc(F)cc2Br)cc1. The minimum Gasteiger partial charge on any atom is -0.312 e. The van der Waals surface area contributed by atoms with Crippen molar-refractivity contribution in [1.82, 2.24) is 0 Å². The Morgan fingerprint density at radius 3 is 2.44 bits per heavy atom. The van der Waals surface area contributed by atoms with Crippen LogP contribution in [0.25, 0.3) is 0 Å². The van der Waals surface area contributed by atoms with E-state index in [2.05, 4.69) is 20.7 Å². The molecule has 2 aromatic rings. The molecule has 1 fully saturated rings. The van der Waals surface area contributed by atoms with Crippen LogP contribution in [0.3, 0.4) is 0 Å². The third-order valence-corrected chi connectivity index (χ3v) is 6.52. The summed E-state index contributed by atoms with van der Waals surface area (Å²) < 4.78 is 40.8. The van der Waals surface area contributed by atoms with E-state index in [0.29, 0.717) is 24.3 Å². The molecule has 1 aliphatic rings. The Bertz CT molecular complexity index is 912. The Morgan fingerprint density at radius 1 is 1.20 bits per heavy atom. The van der Waals surface area contributed by atoms with Crippen LogP contribution in [0.5, 0.6) is 0 Å². The van der Waals surface area contributed by atoms with E-state index in [0.717, 1.165) is 18.6 Å². The maximum atomic E-state index is 13.3. The van der Waals surface area contributed by atoms with Gasteiger partial charge in [-0.3, -0.25) is 9.52 Å². The van der Waals surface area contributed by atoms with E-state index in [-0.39, 0.29) is 20.3 Å². The summed E-state index contributed by atoms with van der Waals surface area (Å²) in [6.45, 7) is 0.655. The van der Waals surface area contributed by atoms with Gasteiger partial charge in [-0.25, -0.2) is 12.8 Å². The van der Waals surface area contributed by atoms with E-state index in [1.165, 1.54) is 0 Å². The smallest absolute Gasteiger partial charge is 0.264 e. The topological polar surface area (TPSA) is 66.5 Å². The second-order valence-corrected chi connectivity index (χ2v) is 8.38. The van der Waals surface area contributed by atoms with Crippen molar-refractivity contribution in [2.75, 3.05) is 16.2 Å². The lowest BCUT2D eigenvalue weighted by Crippen LogP contribution is -2.23. The number of hydrogen-bond donors (Lipinski definition) is 1. The van der Waals surface area contributed by atoms with Crippen molar-refractivity contribution in [2.45, 2.75) is 17.7 Å². The molecule has 132 valence electrons. The van der Waals surface area contributed by atoms with Gasteiger partial charge in [0.05, 0.1) is 5.02 Å². The zero-order valence-corrected chi connectivity index (χ0v) is 16.0. The molecule has 3 rings (SSSR count). The van der Waals surface area contributed by atoms with Crippen LogP contribution < -0.4 is 9.62 Å². The first kappa shape index (κ1) is 18.2. The van der Waals surface area contributed by atoms with Gasteiger partial charge in [0.15, 0.2) is 0 Å². The highest BCUT2D eigenvalue weighted by Crippen LogP contribution is 2.32. The minimum atomic E-state index is -4.01. The first-order chi connectivity index (χ1) is 11.8. The van der Waals surface area contributed by atoms with Gasteiger partial charge in [0, 0.05) is 28.8 Å². The van der Waals surface area contributed by atoms with E-state index in [4.69, 9.17) is 11.6 Å². The molecule has 0 radical (unpaired) electrons. The normalized spacial score (nSPS) is 14.8. The summed E-state index contributed by atoms with van der Waals surface area (Å²) >= 11 is 8.90. The molecule has 0 saturated carbocycles. The summed E-state index contributed by atoms with van der Waals surface area (Å²) in [4.78, 5) is 13.2. The number of sulfonamides is 1. The van der Waals surface area contributed by atoms with Crippen LogP contribution in [0.1, 0.15) is 12.8 Å². The fourth-order valence-electron chi connectivity index (χ4n) is 2.62. The predicted molar refractivity (Wildman–Crippen MR) is 97.9 cm³/mol. The summed E-state index contributed by atoms with van der Waals surface area (Å²) in [5.41, 5.74) is 1.02. The van der Waals surface area contributed by atoms with E-state index in [9.17, 15) is 17.6 Å². The number of carbonyl (C=O) groups excluding carboxylic acids is 1. The molecule has 1 amide bonds. The lowest BCUT2D eigenvalue weighted by molar-refractivity contribution is -0.117. The molecule has 5 nitrogen and oxygen atoms in total. The van der Waals surface area contributed by atoms with Gasteiger partial charge in [-0.05, 0) is 58.7 Å². The Labute approximate surface area is 158 Å². The lowest BCUT2D eigenvalue weighted by Gasteiger charge is -2.16. The van der Waals surface area contributed by atoms with Gasteiger partial charge in [-0.1, -0.05) is 11.6 Å². The van der Waals surface area contributed by atoms with Gasteiger partial charge < -0.3 is 4.90 Å². The zero-order chi connectivity index (χ0) is 18.2. The van der Waals surface area contributed by atoms with Crippen LogP contribution >= 0.6 is 27.5 Å². The van der Waals surface area contributed by atoms with Crippen molar-refractivity contribution in [2.24, 2.45) is 0 Å². The molecular formula is C16H13BrClFN2O3S. The van der Waals surface area contributed by atoms with Crippen LogP contribution in [0.2, 0.25) is 5.02 Å². The molecule has 0 aromatic heterocycles. The molecule has 25 heavy (non-hydrogen) atoms. The molecule has 0 unspecified atom stereocenters. The molecule has 2 aromatic carbocycles. The molecule has 1 heterocycles. The average molecular weight is 448 g/mol.